The van der Waals surface area contributed by atoms with Crippen LogP contribution in [0.5, 0.6) is 0 Å². The molecule has 1 aromatic carbocycles. The van der Waals surface area contributed by atoms with E-state index in [4.69, 9.17) is 0 Å². The van der Waals surface area contributed by atoms with Gasteiger partial charge >= 0.3 is 0 Å². The van der Waals surface area contributed by atoms with Gasteiger partial charge in [0.25, 0.3) is 0 Å². The maximum atomic E-state index is 12.9. The lowest BCUT2D eigenvalue weighted by molar-refractivity contribution is -0.118. The van der Waals surface area contributed by atoms with Crippen LogP contribution in [0.2, 0.25) is 0 Å². The number of nitrogens with one attached hydrogen (secondary N) is 1. The highest BCUT2D eigenvalue weighted by molar-refractivity contribution is 5.72. The highest BCUT2D eigenvalue weighted by atomic mass is 19.1. The minimum absolute atomic E-state index is 0.0145. The van der Waals surface area contributed by atoms with Crippen LogP contribution < -0.4 is 5.32 Å². The molecule has 1 aliphatic carbocycles. The highest BCUT2D eigenvalue weighted by Crippen LogP contribution is 2.29. The first-order valence-corrected chi connectivity index (χ1v) is 7.48. The van der Waals surface area contributed by atoms with Crippen molar-refractivity contribution in [2.24, 2.45) is 0 Å². The van der Waals surface area contributed by atoms with Crippen LogP contribution in [0.25, 0.3) is 0 Å². The van der Waals surface area contributed by atoms with Crippen molar-refractivity contribution in [1.82, 2.24) is 10.2 Å². The van der Waals surface area contributed by atoms with Crippen LogP contribution in [0.4, 0.5) is 4.39 Å². The Kier molecular flexibility index (Phi) is 5.70. The average Bonchev–Trinajstić information content (AvgIpc) is 3.27. The zero-order valence-corrected chi connectivity index (χ0v) is 12.4. The van der Waals surface area contributed by atoms with Crippen molar-refractivity contribution in [1.29, 1.82) is 0 Å². The lowest BCUT2D eigenvalue weighted by Crippen LogP contribution is -2.34. The lowest BCUT2D eigenvalue weighted by Gasteiger charge is -2.25. The Morgan fingerprint density at radius 2 is 2.10 bits per heavy atom. The van der Waals surface area contributed by atoms with Crippen molar-refractivity contribution in [2.75, 3.05) is 19.6 Å². The molecule has 0 spiro atoms. The molecular weight excluding hydrogens is 271 g/mol. The normalized spacial score (nSPS) is 16.0. The van der Waals surface area contributed by atoms with E-state index in [1.807, 2.05) is 0 Å². The van der Waals surface area contributed by atoms with Crippen molar-refractivity contribution in [3.05, 3.63) is 35.6 Å². The number of amides is 1. The van der Waals surface area contributed by atoms with E-state index in [1.54, 1.807) is 12.1 Å². The van der Waals surface area contributed by atoms with Gasteiger partial charge in [-0.1, -0.05) is 12.1 Å². The van der Waals surface area contributed by atoms with E-state index in [9.17, 15) is 14.3 Å². The molecule has 0 bridgehead atoms. The minimum atomic E-state index is -0.605. The zero-order valence-electron chi connectivity index (χ0n) is 12.4. The number of rotatable bonds is 8. The summed E-state index contributed by atoms with van der Waals surface area (Å²) >= 11 is 0. The number of benzene rings is 1. The molecule has 1 fully saturated rings. The third kappa shape index (κ3) is 5.44. The quantitative estimate of drug-likeness (QED) is 0.720. The molecule has 0 aliphatic heterocycles. The summed E-state index contributed by atoms with van der Waals surface area (Å²) in [7, 11) is 0. The standard InChI is InChI=1S/C16H23FN2O2/c1-12(20)18-9-2-10-19(15-7-8-15)11-16(21)13-3-5-14(17)6-4-13/h3-6,15-16,21H,2,7-11H2,1H3,(H,18,20). The zero-order chi connectivity index (χ0) is 15.2. The van der Waals surface area contributed by atoms with E-state index in [0.29, 0.717) is 19.1 Å². The van der Waals surface area contributed by atoms with Gasteiger partial charge in [0.15, 0.2) is 0 Å². The monoisotopic (exact) mass is 294 g/mol. The number of aliphatic hydroxyl groups excluding tert-OH is 1. The Morgan fingerprint density at radius 1 is 1.43 bits per heavy atom. The summed E-state index contributed by atoms with van der Waals surface area (Å²) in [6.45, 7) is 3.57. The summed E-state index contributed by atoms with van der Waals surface area (Å²) in [4.78, 5) is 13.1. The second kappa shape index (κ2) is 7.52. The first-order chi connectivity index (χ1) is 10.1. The second-order valence-electron chi connectivity index (χ2n) is 5.63. The van der Waals surface area contributed by atoms with Crippen LogP contribution in [0.1, 0.15) is 37.9 Å². The third-order valence-electron chi connectivity index (χ3n) is 3.72. The number of carbonyl (C=O) groups is 1. The molecule has 5 heteroatoms. The van der Waals surface area contributed by atoms with Gasteiger partial charge in [-0.25, -0.2) is 4.39 Å². The Morgan fingerprint density at radius 3 is 2.67 bits per heavy atom. The molecule has 116 valence electrons. The number of hydrogen-bond acceptors (Lipinski definition) is 3. The topological polar surface area (TPSA) is 52.6 Å². The first kappa shape index (κ1) is 15.9. The number of nitrogens with zero attached hydrogens (tertiary/aromatic N) is 1. The van der Waals surface area contributed by atoms with Crippen LogP contribution in [0.15, 0.2) is 24.3 Å². The number of aliphatic hydroxyl groups is 1. The van der Waals surface area contributed by atoms with Crippen LogP contribution in [-0.4, -0.2) is 41.6 Å². The SMILES string of the molecule is CC(=O)NCCCN(CC(O)c1ccc(F)cc1)C1CC1. The Labute approximate surface area is 125 Å². The summed E-state index contributed by atoms with van der Waals surface area (Å²) in [5.74, 6) is -0.306. The predicted molar refractivity (Wildman–Crippen MR) is 79.3 cm³/mol. The van der Waals surface area contributed by atoms with Crippen molar-refractivity contribution < 1.29 is 14.3 Å². The van der Waals surface area contributed by atoms with Crippen LogP contribution >= 0.6 is 0 Å². The molecule has 2 rings (SSSR count). The molecule has 21 heavy (non-hydrogen) atoms. The fourth-order valence-electron chi connectivity index (χ4n) is 2.42. The van der Waals surface area contributed by atoms with Crippen LogP contribution in [0, 0.1) is 5.82 Å². The van der Waals surface area contributed by atoms with Crippen LogP contribution in [0.3, 0.4) is 0 Å². The van der Waals surface area contributed by atoms with Crippen LogP contribution in [-0.2, 0) is 4.79 Å². The van der Waals surface area contributed by atoms with Crippen molar-refractivity contribution >= 4 is 5.91 Å². The smallest absolute Gasteiger partial charge is 0.216 e. The number of halogens is 1. The maximum Gasteiger partial charge on any atom is 0.216 e. The predicted octanol–water partition coefficient (Wildman–Crippen LogP) is 1.85. The fraction of sp³-hybridized carbons (Fsp3) is 0.562. The Balaban J connectivity index is 1.81. The van der Waals surface area contributed by atoms with Gasteiger partial charge in [0, 0.05) is 32.6 Å². The maximum absolute atomic E-state index is 12.9. The Hall–Kier alpha value is -1.46. The summed E-state index contributed by atoms with van der Waals surface area (Å²) < 4.78 is 12.9. The van der Waals surface area contributed by atoms with Gasteiger partial charge in [-0.15, -0.1) is 0 Å². The summed E-state index contributed by atoms with van der Waals surface area (Å²) in [6, 6.07) is 6.54. The molecule has 1 saturated carbocycles. The van der Waals surface area contributed by atoms with E-state index >= 15 is 0 Å². The summed E-state index contributed by atoms with van der Waals surface area (Å²) in [5, 5.41) is 13.1. The molecule has 0 heterocycles. The van der Waals surface area contributed by atoms with E-state index in [-0.39, 0.29) is 11.7 Å². The molecule has 2 N–H and O–H groups in total. The molecule has 0 aromatic heterocycles. The average molecular weight is 294 g/mol. The summed E-state index contributed by atoms with van der Waals surface area (Å²) in [6.07, 6.45) is 2.59. The van der Waals surface area contributed by atoms with E-state index in [1.165, 1.54) is 19.1 Å². The lowest BCUT2D eigenvalue weighted by atomic mass is 10.1. The van der Waals surface area contributed by atoms with E-state index in [0.717, 1.165) is 31.4 Å². The molecule has 1 aromatic rings. The van der Waals surface area contributed by atoms with Gasteiger partial charge in [-0.05, 0) is 37.0 Å². The molecule has 0 saturated heterocycles. The molecule has 1 amide bonds. The van der Waals surface area contributed by atoms with Gasteiger partial charge in [-0.2, -0.15) is 0 Å². The largest absolute Gasteiger partial charge is 0.387 e. The number of carbonyl (C=O) groups excluding carboxylic acids is 1. The molecule has 1 unspecified atom stereocenters. The molecular formula is C16H23FN2O2. The van der Waals surface area contributed by atoms with E-state index in [2.05, 4.69) is 10.2 Å². The van der Waals surface area contributed by atoms with Crippen molar-refractivity contribution in [3.63, 3.8) is 0 Å². The second-order valence-corrected chi connectivity index (χ2v) is 5.63. The van der Waals surface area contributed by atoms with Gasteiger partial charge in [-0.3, -0.25) is 9.69 Å². The van der Waals surface area contributed by atoms with Gasteiger partial charge in [0.1, 0.15) is 5.82 Å². The molecule has 4 nitrogen and oxygen atoms in total. The van der Waals surface area contributed by atoms with Crippen molar-refractivity contribution in [2.45, 2.75) is 38.3 Å². The van der Waals surface area contributed by atoms with Crippen molar-refractivity contribution in [3.8, 4) is 0 Å². The van der Waals surface area contributed by atoms with Gasteiger partial charge < -0.3 is 10.4 Å². The molecule has 1 atom stereocenters. The molecule has 1 aliphatic rings. The first-order valence-electron chi connectivity index (χ1n) is 7.48. The number of hydrogen-bond donors (Lipinski definition) is 2. The fourth-order valence-corrected chi connectivity index (χ4v) is 2.42. The third-order valence-corrected chi connectivity index (χ3v) is 3.72. The highest BCUT2D eigenvalue weighted by Gasteiger charge is 2.30. The van der Waals surface area contributed by atoms with Gasteiger partial charge in [0.2, 0.25) is 5.91 Å². The van der Waals surface area contributed by atoms with Gasteiger partial charge in [0.05, 0.1) is 6.10 Å². The molecule has 0 radical (unpaired) electrons. The minimum Gasteiger partial charge on any atom is -0.387 e. The van der Waals surface area contributed by atoms with E-state index < -0.39 is 6.10 Å². The Bertz CT molecular complexity index is 460. The summed E-state index contributed by atoms with van der Waals surface area (Å²) in [5.41, 5.74) is 0.740.